The highest BCUT2D eigenvalue weighted by atomic mass is 16.4. The summed E-state index contributed by atoms with van der Waals surface area (Å²) >= 11 is 0. The van der Waals surface area contributed by atoms with Gasteiger partial charge in [0.25, 0.3) is 0 Å². The van der Waals surface area contributed by atoms with Crippen molar-refractivity contribution >= 4 is 35.2 Å². The molecule has 0 aliphatic carbocycles. The Morgan fingerprint density at radius 2 is 1.65 bits per heavy atom. The lowest BCUT2D eigenvalue weighted by Crippen LogP contribution is -2.58. The van der Waals surface area contributed by atoms with Gasteiger partial charge in [-0.05, 0) is 30.0 Å². The van der Waals surface area contributed by atoms with E-state index in [1.165, 1.54) is 0 Å². The minimum absolute atomic E-state index is 0.0353. The highest BCUT2D eigenvalue weighted by Crippen LogP contribution is 2.57. The first kappa shape index (κ1) is 26.0. The number of carboxylic acids is 1. The fourth-order valence-electron chi connectivity index (χ4n) is 5.99. The normalized spacial score (nSPS) is 25.5. The van der Waals surface area contributed by atoms with E-state index in [0.29, 0.717) is 16.8 Å². The quantitative estimate of drug-likeness (QED) is 0.229. The van der Waals surface area contributed by atoms with E-state index in [2.05, 4.69) is 0 Å². The van der Waals surface area contributed by atoms with Crippen molar-refractivity contribution in [3.05, 3.63) is 65.7 Å². The Bertz CT molecular complexity index is 1250. The molecule has 0 spiro atoms. The highest BCUT2D eigenvalue weighted by Gasteiger charge is 2.72. The van der Waals surface area contributed by atoms with Crippen molar-refractivity contribution in [3.63, 3.8) is 0 Å². The lowest BCUT2D eigenvalue weighted by molar-refractivity contribution is -0.157. The number of carbonyl (C=O) groups excluding carboxylic acids is 3. The van der Waals surface area contributed by atoms with Gasteiger partial charge in [-0.2, -0.15) is 0 Å². The van der Waals surface area contributed by atoms with Crippen molar-refractivity contribution in [1.29, 1.82) is 5.41 Å². The van der Waals surface area contributed by atoms with Gasteiger partial charge in [0.1, 0.15) is 11.4 Å². The van der Waals surface area contributed by atoms with Crippen LogP contribution in [0.4, 0.5) is 5.69 Å². The molecular formula is C27H31N5O5. The molecule has 4 unspecified atom stereocenters. The number of fused-ring (bicyclic) bond motifs is 1. The molecule has 2 aromatic carbocycles. The molecule has 2 aromatic rings. The first-order chi connectivity index (χ1) is 17.5. The predicted octanol–water partition coefficient (Wildman–Crippen LogP) is 1.88. The van der Waals surface area contributed by atoms with Gasteiger partial charge >= 0.3 is 5.97 Å². The Balaban J connectivity index is 1.95. The number of nitrogens with zero attached hydrogens (tertiary/aromatic N) is 2. The number of nitrogens with one attached hydrogen (secondary N) is 1. The molecule has 4 rings (SSSR count). The highest BCUT2D eigenvalue weighted by molar-refractivity contribution is 6.24. The summed E-state index contributed by atoms with van der Waals surface area (Å²) in [6, 6.07) is 14.3. The second kappa shape index (κ2) is 9.78. The zero-order valence-corrected chi connectivity index (χ0v) is 20.8. The number of primary amides is 1. The summed E-state index contributed by atoms with van der Waals surface area (Å²) in [5.74, 6) is -5.35. The maximum Gasteiger partial charge on any atom is 0.325 e. The van der Waals surface area contributed by atoms with E-state index in [1.54, 1.807) is 59.5 Å². The number of nitrogens with two attached hydrogens (primary N) is 2. The van der Waals surface area contributed by atoms with Crippen LogP contribution in [-0.2, 0) is 19.2 Å². The summed E-state index contributed by atoms with van der Waals surface area (Å²) in [7, 11) is 0. The van der Waals surface area contributed by atoms with Crippen LogP contribution in [-0.4, -0.2) is 51.6 Å². The van der Waals surface area contributed by atoms with Gasteiger partial charge in [0.15, 0.2) is 0 Å². The number of nitrogen functional groups attached to an aromatic ring is 1. The van der Waals surface area contributed by atoms with Crippen LogP contribution in [0.1, 0.15) is 43.9 Å². The molecule has 0 radical (unpaired) electrons. The molecule has 2 heterocycles. The Labute approximate surface area is 214 Å². The summed E-state index contributed by atoms with van der Waals surface area (Å²) in [6.45, 7) is 3.68. The number of para-hydroxylation sites is 1. The minimum atomic E-state index is -1.74. The average Bonchev–Trinajstić information content (AvgIpc) is 3.27. The average molecular weight is 506 g/mol. The Hall–Kier alpha value is -4.05. The molecule has 2 aliphatic rings. The maximum atomic E-state index is 14.0. The first-order valence-corrected chi connectivity index (χ1v) is 12.2. The standard InChI is InChI=1S/C27H31N5O5/c1-15(2)14-27(26(36)37)21-20(24(34)32(25(21)35)18-6-4-3-5-7-18)22(31(27)13-12-19(28)33)16-8-10-17(11-9-16)23(29)30/h3-11,15,20-22H,12-14H2,1-2H3,(H2,28,33)(H3,29,30)(H,36,37). The van der Waals surface area contributed by atoms with Gasteiger partial charge in [-0.15, -0.1) is 0 Å². The van der Waals surface area contributed by atoms with Gasteiger partial charge in [0, 0.05) is 24.6 Å². The summed E-state index contributed by atoms with van der Waals surface area (Å²) in [5, 5.41) is 18.4. The van der Waals surface area contributed by atoms with E-state index < -0.39 is 47.1 Å². The summed E-state index contributed by atoms with van der Waals surface area (Å²) < 4.78 is 0. The van der Waals surface area contributed by atoms with Crippen LogP contribution >= 0.6 is 0 Å². The minimum Gasteiger partial charge on any atom is -0.480 e. The molecule has 0 aromatic heterocycles. The van der Waals surface area contributed by atoms with Crippen LogP contribution in [0.3, 0.4) is 0 Å². The SMILES string of the molecule is CC(C)CC1(C(=O)O)C2C(=O)N(c3ccccc3)C(=O)C2C(c2ccc(C(=N)N)cc2)N1CCC(N)=O. The van der Waals surface area contributed by atoms with Crippen LogP contribution in [0.2, 0.25) is 0 Å². The number of hydrogen-bond donors (Lipinski definition) is 4. The summed E-state index contributed by atoms with van der Waals surface area (Å²) in [4.78, 5) is 55.7. The third-order valence-corrected chi connectivity index (χ3v) is 7.32. The largest absolute Gasteiger partial charge is 0.480 e. The molecular weight excluding hydrogens is 474 g/mol. The van der Waals surface area contributed by atoms with Gasteiger partial charge in [-0.1, -0.05) is 56.3 Å². The van der Waals surface area contributed by atoms with E-state index in [1.807, 2.05) is 13.8 Å². The first-order valence-electron chi connectivity index (χ1n) is 12.2. The van der Waals surface area contributed by atoms with Gasteiger partial charge in [0.2, 0.25) is 17.7 Å². The number of imide groups is 1. The van der Waals surface area contributed by atoms with Crippen molar-refractivity contribution < 1.29 is 24.3 Å². The Morgan fingerprint density at radius 3 is 2.16 bits per heavy atom. The van der Waals surface area contributed by atoms with Crippen molar-refractivity contribution in [2.24, 2.45) is 29.2 Å². The third-order valence-electron chi connectivity index (χ3n) is 7.32. The van der Waals surface area contributed by atoms with Crippen LogP contribution in [0.15, 0.2) is 54.6 Å². The zero-order chi connectivity index (χ0) is 27.1. The molecule has 10 heteroatoms. The summed E-state index contributed by atoms with van der Waals surface area (Å²) in [5.41, 5.74) is 10.8. The lowest BCUT2D eigenvalue weighted by atomic mass is 9.75. The Kier molecular flexibility index (Phi) is 6.88. The Morgan fingerprint density at radius 1 is 1.03 bits per heavy atom. The summed E-state index contributed by atoms with van der Waals surface area (Å²) in [6.07, 6.45) is -0.0503. The van der Waals surface area contributed by atoms with Gasteiger partial charge < -0.3 is 16.6 Å². The fourth-order valence-corrected chi connectivity index (χ4v) is 5.99. The smallest absolute Gasteiger partial charge is 0.325 e. The number of benzene rings is 2. The van der Waals surface area contributed by atoms with Crippen molar-refractivity contribution in [2.45, 2.75) is 38.3 Å². The predicted molar refractivity (Wildman–Crippen MR) is 136 cm³/mol. The molecule has 3 amide bonds. The number of amidine groups is 1. The maximum absolute atomic E-state index is 14.0. The number of carbonyl (C=O) groups is 4. The second-order valence-electron chi connectivity index (χ2n) is 10.1. The number of amides is 3. The van der Waals surface area contributed by atoms with Crippen molar-refractivity contribution in [1.82, 2.24) is 4.90 Å². The number of hydrogen-bond acceptors (Lipinski definition) is 6. The van der Waals surface area contributed by atoms with Crippen LogP contribution < -0.4 is 16.4 Å². The molecule has 10 nitrogen and oxygen atoms in total. The van der Waals surface area contributed by atoms with E-state index in [-0.39, 0.29) is 31.1 Å². The van der Waals surface area contributed by atoms with Crippen LogP contribution in [0, 0.1) is 23.2 Å². The van der Waals surface area contributed by atoms with Crippen molar-refractivity contribution in [3.8, 4) is 0 Å². The molecule has 0 saturated carbocycles. The molecule has 2 fully saturated rings. The zero-order valence-electron chi connectivity index (χ0n) is 20.8. The fraction of sp³-hybridized carbons (Fsp3) is 0.370. The molecule has 194 valence electrons. The molecule has 37 heavy (non-hydrogen) atoms. The van der Waals surface area contributed by atoms with E-state index in [9.17, 15) is 24.3 Å². The molecule has 2 aliphatic heterocycles. The number of likely N-dealkylation sites (tertiary alicyclic amines) is 1. The topological polar surface area (TPSA) is 171 Å². The number of anilines is 1. The van der Waals surface area contributed by atoms with E-state index >= 15 is 0 Å². The molecule has 4 atom stereocenters. The second-order valence-corrected chi connectivity index (χ2v) is 10.1. The van der Waals surface area contributed by atoms with E-state index in [0.717, 1.165) is 4.90 Å². The number of carboxylic acid groups (broad SMARTS) is 1. The van der Waals surface area contributed by atoms with Gasteiger partial charge in [-0.3, -0.25) is 29.5 Å². The monoisotopic (exact) mass is 505 g/mol. The number of rotatable bonds is 9. The molecule has 6 N–H and O–H groups in total. The molecule has 2 saturated heterocycles. The van der Waals surface area contributed by atoms with Gasteiger partial charge in [-0.25, -0.2) is 4.90 Å². The third kappa shape index (κ3) is 4.27. The van der Waals surface area contributed by atoms with Crippen molar-refractivity contribution in [2.75, 3.05) is 11.4 Å². The van der Waals surface area contributed by atoms with Gasteiger partial charge in [0.05, 0.1) is 17.5 Å². The molecule has 0 bridgehead atoms. The van der Waals surface area contributed by atoms with E-state index in [4.69, 9.17) is 16.9 Å². The van der Waals surface area contributed by atoms with Crippen LogP contribution in [0.25, 0.3) is 0 Å². The lowest BCUT2D eigenvalue weighted by Gasteiger charge is -2.41. The van der Waals surface area contributed by atoms with Crippen LogP contribution in [0.5, 0.6) is 0 Å². The number of aliphatic carboxylic acids is 1.